The van der Waals surface area contributed by atoms with Crippen LogP contribution in [0.15, 0.2) is 47.4 Å². The number of amides is 1. The molecular formula is C17H18N4O3. The number of pyridine rings is 1. The third-order valence-corrected chi connectivity index (χ3v) is 3.77. The Kier molecular flexibility index (Phi) is 4.33. The zero-order chi connectivity index (χ0) is 17.1. The van der Waals surface area contributed by atoms with Crippen molar-refractivity contribution in [3.63, 3.8) is 0 Å². The summed E-state index contributed by atoms with van der Waals surface area (Å²) in [7, 11) is 1.52. The van der Waals surface area contributed by atoms with E-state index in [1.54, 1.807) is 16.7 Å². The van der Waals surface area contributed by atoms with Gasteiger partial charge in [-0.2, -0.15) is 0 Å². The fourth-order valence-corrected chi connectivity index (χ4v) is 2.65. The second-order valence-electron chi connectivity index (χ2n) is 5.24. The highest BCUT2D eigenvalue weighted by Gasteiger charge is 2.14. The minimum absolute atomic E-state index is 0.0572. The third kappa shape index (κ3) is 2.88. The zero-order valence-electron chi connectivity index (χ0n) is 13.5. The number of methoxy groups -OCH3 is 1. The molecule has 24 heavy (non-hydrogen) atoms. The van der Waals surface area contributed by atoms with Crippen molar-refractivity contribution in [1.29, 1.82) is 0 Å². The molecule has 0 saturated carbocycles. The lowest BCUT2D eigenvalue weighted by Gasteiger charge is -2.06. The van der Waals surface area contributed by atoms with Gasteiger partial charge in [0.15, 0.2) is 0 Å². The molecule has 0 aliphatic heterocycles. The van der Waals surface area contributed by atoms with Crippen molar-refractivity contribution >= 4 is 22.6 Å². The van der Waals surface area contributed by atoms with E-state index in [0.29, 0.717) is 18.1 Å². The molecule has 2 heterocycles. The molecule has 1 amide bonds. The number of anilines is 1. The van der Waals surface area contributed by atoms with Crippen molar-refractivity contribution in [1.82, 2.24) is 14.1 Å². The highest BCUT2D eigenvalue weighted by molar-refractivity contribution is 5.91. The first kappa shape index (κ1) is 15.8. The Bertz CT molecular complexity index is 925. The summed E-state index contributed by atoms with van der Waals surface area (Å²) in [5.74, 6) is 0.179. The van der Waals surface area contributed by atoms with Gasteiger partial charge in [0.2, 0.25) is 11.8 Å². The van der Waals surface area contributed by atoms with E-state index < -0.39 is 0 Å². The lowest BCUT2D eigenvalue weighted by atomic mass is 10.3. The van der Waals surface area contributed by atoms with E-state index in [0.717, 1.165) is 11.0 Å². The number of nitrogens with zero attached hydrogens (tertiary/aromatic N) is 3. The maximum atomic E-state index is 12.5. The average molecular weight is 326 g/mol. The van der Waals surface area contributed by atoms with E-state index >= 15 is 0 Å². The van der Waals surface area contributed by atoms with Gasteiger partial charge in [-0.05, 0) is 25.1 Å². The number of nitrogens with one attached hydrogen (secondary N) is 1. The summed E-state index contributed by atoms with van der Waals surface area (Å²) >= 11 is 0. The Balaban J connectivity index is 1.85. The zero-order valence-corrected chi connectivity index (χ0v) is 13.5. The second-order valence-corrected chi connectivity index (χ2v) is 5.24. The SMILES string of the molecule is CCn1c(=O)n(CC(=O)Nc2ccc(OC)nc2)c2ccccc21. The van der Waals surface area contributed by atoms with Gasteiger partial charge < -0.3 is 10.1 Å². The molecule has 0 atom stereocenters. The van der Waals surface area contributed by atoms with Crippen molar-refractivity contribution in [3.05, 3.63) is 53.1 Å². The van der Waals surface area contributed by atoms with Gasteiger partial charge in [0.05, 0.1) is 30.0 Å². The monoisotopic (exact) mass is 326 g/mol. The van der Waals surface area contributed by atoms with Crippen LogP contribution in [0.25, 0.3) is 11.0 Å². The molecule has 2 aromatic heterocycles. The van der Waals surface area contributed by atoms with Crippen LogP contribution in [0, 0.1) is 0 Å². The summed E-state index contributed by atoms with van der Waals surface area (Å²) < 4.78 is 8.10. The molecule has 3 rings (SSSR count). The Morgan fingerprint density at radius 1 is 1.17 bits per heavy atom. The number of carbonyl (C=O) groups is 1. The maximum absolute atomic E-state index is 12.5. The van der Waals surface area contributed by atoms with Crippen LogP contribution in [0.4, 0.5) is 5.69 Å². The van der Waals surface area contributed by atoms with E-state index in [2.05, 4.69) is 10.3 Å². The van der Waals surface area contributed by atoms with Crippen LogP contribution < -0.4 is 15.7 Å². The summed E-state index contributed by atoms with van der Waals surface area (Å²) in [6.45, 7) is 2.40. The van der Waals surface area contributed by atoms with Crippen LogP contribution in [0.5, 0.6) is 5.88 Å². The molecule has 0 spiro atoms. The molecule has 7 heteroatoms. The standard InChI is InChI=1S/C17H18N4O3/c1-3-20-13-6-4-5-7-14(13)21(17(20)23)11-15(22)19-12-8-9-16(24-2)18-10-12/h4-10H,3,11H2,1-2H3,(H,19,22). The van der Waals surface area contributed by atoms with Gasteiger partial charge in [0, 0.05) is 12.6 Å². The van der Waals surface area contributed by atoms with Gasteiger partial charge in [-0.25, -0.2) is 9.78 Å². The molecular weight excluding hydrogens is 308 g/mol. The minimum atomic E-state index is -0.289. The molecule has 3 aromatic rings. The summed E-state index contributed by atoms with van der Waals surface area (Å²) in [5, 5.41) is 2.73. The first-order chi connectivity index (χ1) is 11.6. The van der Waals surface area contributed by atoms with Crippen LogP contribution in [0.3, 0.4) is 0 Å². The summed E-state index contributed by atoms with van der Waals surface area (Å²) in [5.41, 5.74) is 1.92. The van der Waals surface area contributed by atoms with E-state index in [4.69, 9.17) is 4.74 Å². The van der Waals surface area contributed by atoms with E-state index in [9.17, 15) is 9.59 Å². The molecule has 0 radical (unpaired) electrons. The van der Waals surface area contributed by atoms with Crippen molar-refractivity contribution in [2.75, 3.05) is 12.4 Å². The number of ether oxygens (including phenoxy) is 1. The number of aromatic nitrogens is 3. The lowest BCUT2D eigenvalue weighted by Crippen LogP contribution is -2.29. The van der Waals surface area contributed by atoms with Crippen LogP contribution in [-0.4, -0.2) is 27.1 Å². The molecule has 0 aliphatic rings. The van der Waals surface area contributed by atoms with Crippen molar-refractivity contribution in [2.24, 2.45) is 0 Å². The third-order valence-electron chi connectivity index (χ3n) is 3.77. The van der Waals surface area contributed by atoms with Crippen molar-refractivity contribution in [3.8, 4) is 5.88 Å². The Hall–Kier alpha value is -3.09. The maximum Gasteiger partial charge on any atom is 0.329 e. The summed E-state index contributed by atoms with van der Waals surface area (Å²) in [4.78, 5) is 28.8. The van der Waals surface area contributed by atoms with Crippen molar-refractivity contribution < 1.29 is 9.53 Å². The number of carbonyl (C=O) groups excluding carboxylic acids is 1. The van der Waals surface area contributed by atoms with E-state index in [1.807, 2.05) is 31.2 Å². The smallest absolute Gasteiger partial charge is 0.329 e. The topological polar surface area (TPSA) is 78.2 Å². The predicted octanol–water partition coefficient (Wildman–Crippen LogP) is 1.87. The molecule has 7 nitrogen and oxygen atoms in total. The van der Waals surface area contributed by atoms with Crippen LogP contribution >= 0.6 is 0 Å². The fourth-order valence-electron chi connectivity index (χ4n) is 2.65. The van der Waals surface area contributed by atoms with Gasteiger partial charge in [-0.15, -0.1) is 0 Å². The molecule has 0 fully saturated rings. The van der Waals surface area contributed by atoms with Crippen LogP contribution in [-0.2, 0) is 17.9 Å². The molecule has 1 N–H and O–H groups in total. The van der Waals surface area contributed by atoms with Crippen molar-refractivity contribution in [2.45, 2.75) is 20.0 Å². The number of benzene rings is 1. The number of aryl methyl sites for hydroxylation is 1. The van der Waals surface area contributed by atoms with Crippen LogP contribution in [0.2, 0.25) is 0 Å². The predicted molar refractivity (Wildman–Crippen MR) is 91.3 cm³/mol. The summed E-state index contributed by atoms with van der Waals surface area (Å²) in [6.07, 6.45) is 1.51. The van der Waals surface area contributed by atoms with Gasteiger partial charge >= 0.3 is 5.69 Å². The molecule has 0 saturated heterocycles. The first-order valence-electron chi connectivity index (χ1n) is 7.62. The molecule has 1 aromatic carbocycles. The van der Waals surface area contributed by atoms with Gasteiger partial charge in [-0.1, -0.05) is 12.1 Å². The molecule has 124 valence electrons. The average Bonchev–Trinajstić information content (AvgIpc) is 2.87. The first-order valence-corrected chi connectivity index (χ1v) is 7.62. The fraction of sp³-hybridized carbons (Fsp3) is 0.235. The van der Waals surface area contributed by atoms with Gasteiger partial charge in [0.1, 0.15) is 6.54 Å². The molecule has 0 aliphatic carbocycles. The van der Waals surface area contributed by atoms with Gasteiger partial charge in [-0.3, -0.25) is 13.9 Å². The van der Waals surface area contributed by atoms with Crippen LogP contribution in [0.1, 0.15) is 6.92 Å². The Labute approximate surface area is 138 Å². The van der Waals surface area contributed by atoms with E-state index in [-0.39, 0.29) is 18.1 Å². The number of para-hydroxylation sites is 2. The van der Waals surface area contributed by atoms with E-state index in [1.165, 1.54) is 17.9 Å². The molecule has 0 unspecified atom stereocenters. The Morgan fingerprint density at radius 2 is 1.88 bits per heavy atom. The van der Waals surface area contributed by atoms with Gasteiger partial charge in [0.25, 0.3) is 0 Å². The highest BCUT2D eigenvalue weighted by Crippen LogP contribution is 2.14. The minimum Gasteiger partial charge on any atom is -0.481 e. The summed E-state index contributed by atoms with van der Waals surface area (Å²) in [6, 6.07) is 10.8. The largest absolute Gasteiger partial charge is 0.481 e. The number of rotatable bonds is 5. The number of hydrogen-bond donors (Lipinski definition) is 1. The normalized spacial score (nSPS) is 10.8. The lowest BCUT2D eigenvalue weighted by molar-refractivity contribution is -0.116. The number of hydrogen-bond acceptors (Lipinski definition) is 4. The molecule has 0 bridgehead atoms. The highest BCUT2D eigenvalue weighted by atomic mass is 16.5. The number of imidazole rings is 1. The quantitative estimate of drug-likeness (QED) is 0.776. The Morgan fingerprint density at radius 3 is 2.46 bits per heavy atom. The second kappa shape index (κ2) is 6.57. The number of fused-ring (bicyclic) bond motifs is 1.